The van der Waals surface area contributed by atoms with Crippen LogP contribution in [0.15, 0.2) is 41.0 Å². The molecule has 0 spiro atoms. The molecule has 5 heteroatoms. The van der Waals surface area contributed by atoms with E-state index in [0.717, 1.165) is 0 Å². The molecule has 0 aliphatic rings. The fraction of sp³-hybridized carbons (Fsp3) is 0.333. The summed E-state index contributed by atoms with van der Waals surface area (Å²) in [4.78, 5) is 0. The standard InChI is InChI=1S/C15H18FNO3/c1-11-4-5-12(7-15(11)16)17-8-13(18)9-19-10-14-3-2-6-20-14/h2-7,13,17-18H,8-10H2,1H3. The van der Waals surface area contributed by atoms with Crippen molar-refractivity contribution in [2.75, 3.05) is 18.5 Å². The highest BCUT2D eigenvalue weighted by atomic mass is 19.1. The lowest BCUT2D eigenvalue weighted by atomic mass is 10.2. The quantitative estimate of drug-likeness (QED) is 0.818. The van der Waals surface area contributed by atoms with Crippen LogP contribution in [0.4, 0.5) is 10.1 Å². The summed E-state index contributed by atoms with van der Waals surface area (Å²) >= 11 is 0. The molecular weight excluding hydrogens is 261 g/mol. The third-order valence-electron chi connectivity index (χ3n) is 2.85. The Morgan fingerprint density at radius 3 is 2.95 bits per heavy atom. The van der Waals surface area contributed by atoms with E-state index in [9.17, 15) is 9.50 Å². The highest BCUT2D eigenvalue weighted by Gasteiger charge is 2.06. The van der Waals surface area contributed by atoms with Gasteiger partial charge in [-0.3, -0.25) is 0 Å². The van der Waals surface area contributed by atoms with Gasteiger partial charge in [0.15, 0.2) is 0 Å². The van der Waals surface area contributed by atoms with Gasteiger partial charge in [-0.1, -0.05) is 6.07 Å². The SMILES string of the molecule is Cc1ccc(NCC(O)COCc2ccco2)cc1F. The van der Waals surface area contributed by atoms with E-state index in [1.807, 2.05) is 0 Å². The van der Waals surface area contributed by atoms with Crippen LogP contribution in [-0.4, -0.2) is 24.4 Å². The van der Waals surface area contributed by atoms with E-state index in [2.05, 4.69) is 5.32 Å². The second-order valence-corrected chi connectivity index (χ2v) is 4.59. The highest BCUT2D eigenvalue weighted by molar-refractivity contribution is 5.45. The van der Waals surface area contributed by atoms with Crippen molar-refractivity contribution in [1.82, 2.24) is 0 Å². The number of halogens is 1. The molecule has 2 aromatic rings. The van der Waals surface area contributed by atoms with Gasteiger partial charge in [0.25, 0.3) is 0 Å². The second kappa shape index (κ2) is 7.07. The van der Waals surface area contributed by atoms with Gasteiger partial charge in [-0.05, 0) is 36.8 Å². The van der Waals surface area contributed by atoms with E-state index in [0.29, 0.717) is 30.2 Å². The van der Waals surface area contributed by atoms with Crippen molar-refractivity contribution in [3.63, 3.8) is 0 Å². The van der Waals surface area contributed by atoms with E-state index >= 15 is 0 Å². The molecule has 1 atom stereocenters. The number of anilines is 1. The monoisotopic (exact) mass is 279 g/mol. The first-order valence-corrected chi connectivity index (χ1v) is 6.43. The van der Waals surface area contributed by atoms with Crippen molar-refractivity contribution in [3.05, 3.63) is 53.7 Å². The molecule has 2 N–H and O–H groups in total. The summed E-state index contributed by atoms with van der Waals surface area (Å²) in [6.07, 6.45) is 0.900. The molecule has 0 amide bonds. The number of hydrogen-bond donors (Lipinski definition) is 2. The number of rotatable bonds is 7. The lowest BCUT2D eigenvalue weighted by molar-refractivity contribution is 0.0282. The van der Waals surface area contributed by atoms with Crippen molar-refractivity contribution in [2.45, 2.75) is 19.6 Å². The molecule has 108 valence electrons. The minimum absolute atomic E-state index is 0.183. The van der Waals surface area contributed by atoms with Gasteiger partial charge in [-0.15, -0.1) is 0 Å². The maximum Gasteiger partial charge on any atom is 0.129 e. The van der Waals surface area contributed by atoms with Crippen molar-refractivity contribution in [1.29, 1.82) is 0 Å². The zero-order chi connectivity index (χ0) is 14.4. The molecule has 4 nitrogen and oxygen atoms in total. The van der Waals surface area contributed by atoms with Crippen molar-refractivity contribution >= 4 is 5.69 Å². The van der Waals surface area contributed by atoms with Crippen molar-refractivity contribution in [3.8, 4) is 0 Å². The summed E-state index contributed by atoms with van der Waals surface area (Å²) < 4.78 is 23.7. The smallest absolute Gasteiger partial charge is 0.129 e. The molecule has 2 rings (SSSR count). The Morgan fingerprint density at radius 2 is 2.25 bits per heavy atom. The van der Waals surface area contributed by atoms with Gasteiger partial charge < -0.3 is 19.6 Å². The van der Waals surface area contributed by atoms with E-state index in [4.69, 9.17) is 9.15 Å². The Morgan fingerprint density at radius 1 is 1.40 bits per heavy atom. The van der Waals surface area contributed by atoms with Crippen LogP contribution in [0.1, 0.15) is 11.3 Å². The molecule has 0 saturated heterocycles. The third kappa shape index (κ3) is 4.36. The zero-order valence-corrected chi connectivity index (χ0v) is 11.3. The molecule has 0 aliphatic carbocycles. The third-order valence-corrected chi connectivity index (χ3v) is 2.85. The van der Waals surface area contributed by atoms with E-state index in [1.54, 1.807) is 37.5 Å². The Kier molecular flexibility index (Phi) is 5.15. The maximum atomic E-state index is 13.3. The fourth-order valence-corrected chi connectivity index (χ4v) is 1.69. The van der Waals surface area contributed by atoms with Gasteiger partial charge >= 0.3 is 0 Å². The van der Waals surface area contributed by atoms with E-state index in [-0.39, 0.29) is 12.4 Å². The minimum Gasteiger partial charge on any atom is -0.467 e. The molecule has 20 heavy (non-hydrogen) atoms. The summed E-state index contributed by atoms with van der Waals surface area (Å²) in [6, 6.07) is 8.46. The molecule has 0 fully saturated rings. The largest absolute Gasteiger partial charge is 0.467 e. The normalized spacial score (nSPS) is 12.3. The summed E-state index contributed by atoms with van der Waals surface area (Å²) in [6.45, 7) is 2.50. The second-order valence-electron chi connectivity index (χ2n) is 4.59. The Balaban J connectivity index is 1.69. The molecule has 1 heterocycles. The first kappa shape index (κ1) is 14.6. The maximum absolute atomic E-state index is 13.3. The Labute approximate surface area is 117 Å². The molecule has 1 aromatic heterocycles. The number of benzene rings is 1. The van der Waals surface area contributed by atoms with Gasteiger partial charge in [0.2, 0.25) is 0 Å². The lowest BCUT2D eigenvalue weighted by Crippen LogP contribution is -2.24. The minimum atomic E-state index is -0.672. The summed E-state index contributed by atoms with van der Waals surface area (Å²) in [5.41, 5.74) is 1.23. The van der Waals surface area contributed by atoms with Gasteiger partial charge in [-0.2, -0.15) is 0 Å². The summed E-state index contributed by atoms with van der Waals surface area (Å²) in [7, 11) is 0. The number of aryl methyl sites for hydroxylation is 1. The summed E-state index contributed by atoms with van der Waals surface area (Å²) in [5, 5.41) is 12.7. The van der Waals surface area contributed by atoms with Crippen LogP contribution in [0, 0.1) is 12.7 Å². The predicted molar refractivity (Wildman–Crippen MR) is 74.0 cm³/mol. The average molecular weight is 279 g/mol. The predicted octanol–water partition coefficient (Wildman–Crippen LogP) is 2.72. The van der Waals surface area contributed by atoms with Crippen LogP contribution in [0.25, 0.3) is 0 Å². The van der Waals surface area contributed by atoms with Crippen LogP contribution in [0.5, 0.6) is 0 Å². The van der Waals surface area contributed by atoms with Crippen LogP contribution in [-0.2, 0) is 11.3 Å². The fourth-order valence-electron chi connectivity index (χ4n) is 1.69. The first-order valence-electron chi connectivity index (χ1n) is 6.43. The van der Waals surface area contributed by atoms with E-state index in [1.165, 1.54) is 6.07 Å². The van der Waals surface area contributed by atoms with Crippen LogP contribution < -0.4 is 5.32 Å². The van der Waals surface area contributed by atoms with Crippen LogP contribution >= 0.6 is 0 Å². The van der Waals surface area contributed by atoms with Crippen molar-refractivity contribution in [2.24, 2.45) is 0 Å². The molecule has 1 aromatic carbocycles. The number of hydrogen-bond acceptors (Lipinski definition) is 4. The van der Waals surface area contributed by atoms with Crippen LogP contribution in [0.3, 0.4) is 0 Å². The molecule has 0 bridgehead atoms. The lowest BCUT2D eigenvalue weighted by Gasteiger charge is -2.13. The van der Waals surface area contributed by atoms with Gasteiger partial charge in [0.05, 0.1) is 19.0 Å². The highest BCUT2D eigenvalue weighted by Crippen LogP contribution is 2.13. The topological polar surface area (TPSA) is 54.6 Å². The number of ether oxygens (including phenoxy) is 1. The van der Waals surface area contributed by atoms with Gasteiger partial charge in [0.1, 0.15) is 18.2 Å². The number of aliphatic hydroxyl groups excluding tert-OH is 1. The van der Waals surface area contributed by atoms with Gasteiger partial charge in [-0.25, -0.2) is 4.39 Å². The molecule has 1 unspecified atom stereocenters. The van der Waals surface area contributed by atoms with Gasteiger partial charge in [0, 0.05) is 12.2 Å². The number of nitrogens with one attached hydrogen (secondary N) is 1. The Hall–Kier alpha value is -1.85. The zero-order valence-electron chi connectivity index (χ0n) is 11.3. The molecular formula is C15H18FNO3. The summed E-state index contributed by atoms with van der Waals surface area (Å²) in [5.74, 6) is 0.448. The molecule has 0 radical (unpaired) electrons. The first-order chi connectivity index (χ1) is 9.65. The van der Waals surface area contributed by atoms with Crippen LogP contribution in [0.2, 0.25) is 0 Å². The number of furan rings is 1. The molecule has 0 aliphatic heterocycles. The number of aliphatic hydroxyl groups is 1. The van der Waals surface area contributed by atoms with Crippen molar-refractivity contribution < 1.29 is 18.7 Å². The van der Waals surface area contributed by atoms with E-state index < -0.39 is 6.10 Å². The molecule has 0 saturated carbocycles. The Bertz CT molecular complexity index is 528. The average Bonchev–Trinajstić information content (AvgIpc) is 2.93.